The van der Waals surface area contributed by atoms with Crippen molar-refractivity contribution in [3.8, 4) is 0 Å². The summed E-state index contributed by atoms with van der Waals surface area (Å²) >= 11 is 1.44. The summed E-state index contributed by atoms with van der Waals surface area (Å²) < 4.78 is 1.68. The van der Waals surface area contributed by atoms with Gasteiger partial charge in [-0.1, -0.05) is 11.8 Å². The van der Waals surface area contributed by atoms with E-state index in [1.807, 2.05) is 11.9 Å². The molecule has 0 radical (unpaired) electrons. The fourth-order valence-corrected chi connectivity index (χ4v) is 2.48. The van der Waals surface area contributed by atoms with Gasteiger partial charge in [0.1, 0.15) is 6.33 Å². The molecule has 0 aliphatic carbocycles. The van der Waals surface area contributed by atoms with E-state index < -0.39 is 0 Å². The van der Waals surface area contributed by atoms with Gasteiger partial charge in [-0.25, -0.2) is 9.67 Å². The Morgan fingerprint density at radius 2 is 2.06 bits per heavy atom. The number of aryl methyl sites for hydroxylation is 1. The number of hydrogen-bond acceptors (Lipinski definition) is 5. The summed E-state index contributed by atoms with van der Waals surface area (Å²) in [6.45, 7) is 3.57. The maximum absolute atomic E-state index is 11.9. The molecule has 0 saturated carbocycles. The van der Waals surface area contributed by atoms with Gasteiger partial charge in [0.05, 0.1) is 5.75 Å². The van der Waals surface area contributed by atoms with E-state index in [0.29, 0.717) is 5.75 Å². The third-order valence-electron chi connectivity index (χ3n) is 2.85. The van der Waals surface area contributed by atoms with Crippen LogP contribution in [0.4, 0.5) is 0 Å². The fraction of sp³-hybridized carbons (Fsp3) is 0.700. The molecule has 1 fully saturated rings. The summed E-state index contributed by atoms with van der Waals surface area (Å²) in [5, 5.41) is 4.75. The first-order valence-corrected chi connectivity index (χ1v) is 6.58. The first-order chi connectivity index (χ1) is 8.16. The van der Waals surface area contributed by atoms with Crippen molar-refractivity contribution in [2.24, 2.45) is 7.05 Å². The van der Waals surface area contributed by atoms with Gasteiger partial charge < -0.3 is 9.80 Å². The van der Waals surface area contributed by atoms with Gasteiger partial charge in [-0.15, -0.1) is 0 Å². The van der Waals surface area contributed by atoms with Crippen LogP contribution < -0.4 is 0 Å². The zero-order chi connectivity index (χ0) is 12.3. The minimum Gasteiger partial charge on any atom is -0.339 e. The molecule has 1 aliphatic rings. The Labute approximate surface area is 105 Å². The van der Waals surface area contributed by atoms with E-state index in [1.54, 1.807) is 4.68 Å². The average Bonchev–Trinajstić information content (AvgIpc) is 2.73. The number of hydrogen-bond donors (Lipinski definition) is 0. The third kappa shape index (κ3) is 3.19. The van der Waals surface area contributed by atoms with Crippen LogP contribution in [-0.4, -0.2) is 69.5 Å². The molecule has 94 valence electrons. The monoisotopic (exact) mass is 255 g/mol. The van der Waals surface area contributed by atoms with E-state index in [2.05, 4.69) is 22.0 Å². The predicted molar refractivity (Wildman–Crippen MR) is 65.8 cm³/mol. The molecule has 1 aromatic heterocycles. The molecule has 2 rings (SSSR count). The molecule has 0 atom stereocenters. The molecule has 1 aromatic rings. The Bertz CT molecular complexity index is 386. The van der Waals surface area contributed by atoms with Gasteiger partial charge >= 0.3 is 0 Å². The van der Waals surface area contributed by atoms with Crippen LogP contribution in [0.5, 0.6) is 0 Å². The van der Waals surface area contributed by atoms with Crippen molar-refractivity contribution in [2.75, 3.05) is 39.0 Å². The van der Waals surface area contributed by atoms with Crippen LogP contribution >= 0.6 is 11.8 Å². The maximum Gasteiger partial charge on any atom is 0.233 e. The molecule has 6 nitrogen and oxygen atoms in total. The molecule has 1 aliphatic heterocycles. The van der Waals surface area contributed by atoms with E-state index in [1.165, 1.54) is 18.1 Å². The predicted octanol–water partition coefficient (Wildman–Crippen LogP) is -0.319. The van der Waals surface area contributed by atoms with Crippen molar-refractivity contribution in [3.05, 3.63) is 6.33 Å². The first-order valence-electron chi connectivity index (χ1n) is 5.60. The first kappa shape index (κ1) is 12.4. The lowest BCUT2D eigenvalue weighted by molar-refractivity contribution is -0.129. The molecule has 0 N–H and O–H groups in total. The highest BCUT2D eigenvalue weighted by molar-refractivity contribution is 7.99. The van der Waals surface area contributed by atoms with E-state index in [0.717, 1.165) is 31.3 Å². The Morgan fingerprint density at radius 3 is 2.65 bits per heavy atom. The van der Waals surface area contributed by atoms with E-state index >= 15 is 0 Å². The second-order valence-corrected chi connectivity index (χ2v) is 5.08. The van der Waals surface area contributed by atoms with Crippen molar-refractivity contribution in [2.45, 2.75) is 5.16 Å². The van der Waals surface area contributed by atoms with Crippen LogP contribution in [0.2, 0.25) is 0 Å². The number of nitrogens with zero attached hydrogens (tertiary/aromatic N) is 5. The summed E-state index contributed by atoms with van der Waals surface area (Å²) in [7, 11) is 3.91. The van der Waals surface area contributed by atoms with Gasteiger partial charge in [-0.2, -0.15) is 5.10 Å². The lowest BCUT2D eigenvalue weighted by atomic mass is 10.3. The van der Waals surface area contributed by atoms with Gasteiger partial charge in [-0.05, 0) is 7.05 Å². The molecule has 1 amide bonds. The largest absolute Gasteiger partial charge is 0.339 e. The molecular weight excluding hydrogens is 238 g/mol. The fourth-order valence-electron chi connectivity index (χ4n) is 1.69. The van der Waals surface area contributed by atoms with Gasteiger partial charge in [0.15, 0.2) is 5.16 Å². The topological polar surface area (TPSA) is 54.3 Å². The zero-order valence-corrected chi connectivity index (χ0v) is 11.0. The third-order valence-corrected chi connectivity index (χ3v) is 3.87. The minimum absolute atomic E-state index is 0.186. The van der Waals surface area contributed by atoms with E-state index in [9.17, 15) is 4.79 Å². The van der Waals surface area contributed by atoms with Crippen LogP contribution in [0.25, 0.3) is 0 Å². The summed E-state index contributed by atoms with van der Waals surface area (Å²) in [6.07, 6.45) is 1.50. The van der Waals surface area contributed by atoms with Crippen molar-refractivity contribution in [1.82, 2.24) is 24.6 Å². The average molecular weight is 255 g/mol. The summed E-state index contributed by atoms with van der Waals surface area (Å²) in [5.74, 6) is 0.627. The smallest absolute Gasteiger partial charge is 0.233 e. The molecule has 0 spiro atoms. The number of amides is 1. The van der Waals surface area contributed by atoms with Gasteiger partial charge in [-0.3, -0.25) is 4.79 Å². The van der Waals surface area contributed by atoms with Crippen molar-refractivity contribution in [1.29, 1.82) is 0 Å². The van der Waals surface area contributed by atoms with E-state index in [-0.39, 0.29) is 5.91 Å². The molecule has 7 heteroatoms. The Morgan fingerprint density at radius 1 is 1.35 bits per heavy atom. The molecule has 0 aromatic carbocycles. The zero-order valence-electron chi connectivity index (χ0n) is 10.2. The molecule has 0 unspecified atom stereocenters. The highest BCUT2D eigenvalue weighted by Crippen LogP contribution is 2.14. The lowest BCUT2D eigenvalue weighted by Crippen LogP contribution is -2.47. The molecular formula is C10H17N5OS. The van der Waals surface area contributed by atoms with Crippen LogP contribution in [0.15, 0.2) is 11.5 Å². The van der Waals surface area contributed by atoms with Crippen molar-refractivity contribution < 1.29 is 4.79 Å². The SMILES string of the molecule is CN1CCN(C(=O)CSc2ncnn2C)CC1. The molecule has 1 saturated heterocycles. The Balaban J connectivity index is 1.80. The minimum atomic E-state index is 0.186. The van der Waals surface area contributed by atoms with Crippen LogP contribution in [0.1, 0.15) is 0 Å². The van der Waals surface area contributed by atoms with Crippen molar-refractivity contribution >= 4 is 17.7 Å². The highest BCUT2D eigenvalue weighted by Gasteiger charge is 2.19. The number of thioether (sulfide) groups is 1. The Hall–Kier alpha value is -1.08. The van der Waals surface area contributed by atoms with Crippen molar-refractivity contribution in [3.63, 3.8) is 0 Å². The number of aromatic nitrogens is 3. The standard InChI is InChI=1S/C10H17N5OS/c1-13-3-5-15(6-4-13)9(16)7-17-10-11-8-12-14(10)2/h8H,3-7H2,1-2H3. The summed E-state index contributed by atoms with van der Waals surface area (Å²) in [6, 6.07) is 0. The van der Waals surface area contributed by atoms with E-state index in [4.69, 9.17) is 0 Å². The number of piperazine rings is 1. The quantitative estimate of drug-likeness (QED) is 0.693. The summed E-state index contributed by atoms with van der Waals surface area (Å²) in [4.78, 5) is 20.2. The van der Waals surface area contributed by atoms with Gasteiger partial charge in [0.2, 0.25) is 5.91 Å². The summed E-state index contributed by atoms with van der Waals surface area (Å²) in [5.41, 5.74) is 0. The van der Waals surface area contributed by atoms with Crippen LogP contribution in [0.3, 0.4) is 0 Å². The molecule has 2 heterocycles. The number of likely N-dealkylation sites (N-methyl/N-ethyl adjacent to an activating group) is 1. The van der Waals surface area contributed by atoms with Crippen LogP contribution in [0, 0.1) is 0 Å². The molecule has 17 heavy (non-hydrogen) atoms. The number of carbonyl (C=O) groups excluding carboxylic acids is 1. The highest BCUT2D eigenvalue weighted by atomic mass is 32.2. The van der Waals surface area contributed by atoms with Gasteiger partial charge in [0, 0.05) is 33.2 Å². The van der Waals surface area contributed by atoms with Gasteiger partial charge in [0.25, 0.3) is 0 Å². The Kier molecular flexibility index (Phi) is 4.01. The second kappa shape index (κ2) is 5.50. The molecule has 0 bridgehead atoms. The lowest BCUT2D eigenvalue weighted by Gasteiger charge is -2.32. The maximum atomic E-state index is 11.9. The number of rotatable bonds is 3. The van der Waals surface area contributed by atoms with Crippen LogP contribution in [-0.2, 0) is 11.8 Å². The second-order valence-electron chi connectivity index (χ2n) is 4.14. The number of carbonyl (C=O) groups is 1. The normalized spacial score (nSPS) is 17.4.